The average molecular weight is 278 g/mol. The highest BCUT2D eigenvalue weighted by molar-refractivity contribution is 5.58. The van der Waals surface area contributed by atoms with Crippen LogP contribution in [0.3, 0.4) is 0 Å². The van der Waals surface area contributed by atoms with Gasteiger partial charge in [-0.15, -0.1) is 0 Å². The first-order valence-corrected chi connectivity index (χ1v) is 6.71. The Morgan fingerprint density at radius 1 is 1.20 bits per heavy atom. The average Bonchev–Trinajstić information content (AvgIpc) is 2.91. The van der Waals surface area contributed by atoms with Crippen molar-refractivity contribution in [3.05, 3.63) is 35.9 Å². The van der Waals surface area contributed by atoms with Gasteiger partial charge in [0.2, 0.25) is 0 Å². The first kappa shape index (κ1) is 13.7. The minimum atomic E-state index is -0.714. The summed E-state index contributed by atoms with van der Waals surface area (Å²) in [5.74, 6) is -0.714. The van der Waals surface area contributed by atoms with Crippen LogP contribution in [0.15, 0.2) is 30.3 Å². The predicted molar refractivity (Wildman–Crippen MR) is 69.8 cm³/mol. The molecule has 0 spiro atoms. The lowest BCUT2D eigenvalue weighted by Gasteiger charge is -2.22. The topological polar surface area (TPSA) is 54.0 Å². The van der Waals surface area contributed by atoms with Crippen LogP contribution in [0, 0.1) is 0 Å². The minimum Gasteiger partial charge on any atom is -0.345 e. The van der Waals surface area contributed by atoms with Crippen LogP contribution in [-0.4, -0.2) is 36.7 Å². The Bertz CT molecular complexity index is 472. The van der Waals surface area contributed by atoms with Crippen molar-refractivity contribution in [1.82, 2.24) is 0 Å². The van der Waals surface area contributed by atoms with Gasteiger partial charge >= 0.3 is 0 Å². The summed E-state index contributed by atoms with van der Waals surface area (Å²) in [4.78, 5) is 11.1. The molecule has 5 nitrogen and oxygen atoms in total. The van der Waals surface area contributed by atoms with E-state index in [2.05, 4.69) is 0 Å². The molecule has 4 atom stereocenters. The summed E-state index contributed by atoms with van der Waals surface area (Å²) < 4.78 is 22.8. The van der Waals surface area contributed by atoms with E-state index in [1.54, 1.807) is 0 Å². The zero-order valence-corrected chi connectivity index (χ0v) is 11.5. The number of carbonyl (C=O) groups excluding carboxylic acids is 1. The molecule has 0 N–H and O–H groups in total. The quantitative estimate of drug-likeness (QED) is 0.784. The van der Waals surface area contributed by atoms with E-state index in [1.165, 1.54) is 0 Å². The molecule has 5 heteroatoms. The van der Waals surface area contributed by atoms with Crippen LogP contribution < -0.4 is 0 Å². The van der Waals surface area contributed by atoms with Crippen molar-refractivity contribution >= 4 is 6.29 Å². The Balaban J connectivity index is 1.66. The van der Waals surface area contributed by atoms with Crippen molar-refractivity contribution in [2.24, 2.45) is 0 Å². The third kappa shape index (κ3) is 2.62. The first-order valence-electron chi connectivity index (χ1n) is 6.71. The fourth-order valence-electron chi connectivity index (χ4n) is 2.59. The Labute approximate surface area is 117 Å². The normalized spacial score (nSPS) is 34.9. The number of benzene rings is 1. The summed E-state index contributed by atoms with van der Waals surface area (Å²) in [6.07, 6.45) is -1.25. The molecule has 0 aliphatic carbocycles. The summed E-state index contributed by atoms with van der Waals surface area (Å²) in [5, 5.41) is 0. The largest absolute Gasteiger partial charge is 0.345 e. The van der Waals surface area contributed by atoms with Gasteiger partial charge in [-0.25, -0.2) is 0 Å². The molecule has 20 heavy (non-hydrogen) atoms. The lowest BCUT2D eigenvalue weighted by molar-refractivity contribution is -0.232. The zero-order valence-electron chi connectivity index (χ0n) is 11.5. The maximum atomic E-state index is 11.1. The van der Waals surface area contributed by atoms with Crippen LogP contribution >= 0.6 is 0 Å². The predicted octanol–water partition coefficient (Wildman–Crippen LogP) is 1.65. The maximum absolute atomic E-state index is 11.1. The molecular formula is C15H18O5. The molecule has 108 valence electrons. The number of hydrogen-bond donors (Lipinski definition) is 0. The highest BCUT2D eigenvalue weighted by Crippen LogP contribution is 2.38. The van der Waals surface area contributed by atoms with Gasteiger partial charge in [0.1, 0.15) is 18.3 Å². The third-order valence-electron chi connectivity index (χ3n) is 3.44. The molecule has 2 fully saturated rings. The van der Waals surface area contributed by atoms with Crippen molar-refractivity contribution in [3.8, 4) is 0 Å². The number of fused-ring (bicyclic) bond motifs is 1. The summed E-state index contributed by atoms with van der Waals surface area (Å²) in [6, 6.07) is 9.79. The highest BCUT2D eigenvalue weighted by Gasteiger charge is 2.55. The van der Waals surface area contributed by atoms with E-state index in [0.29, 0.717) is 6.61 Å². The van der Waals surface area contributed by atoms with Gasteiger partial charge in [0.25, 0.3) is 0 Å². The molecular weight excluding hydrogens is 260 g/mol. The van der Waals surface area contributed by atoms with E-state index in [1.807, 2.05) is 44.2 Å². The van der Waals surface area contributed by atoms with Gasteiger partial charge < -0.3 is 23.7 Å². The van der Waals surface area contributed by atoms with Crippen LogP contribution in [0.5, 0.6) is 0 Å². The smallest absolute Gasteiger partial charge is 0.187 e. The van der Waals surface area contributed by atoms with E-state index in [4.69, 9.17) is 18.9 Å². The monoisotopic (exact) mass is 278 g/mol. The van der Waals surface area contributed by atoms with E-state index in [9.17, 15) is 4.79 Å². The SMILES string of the molecule is CC1(C)OC2C(O1)[C@@H](C=O)O[C@@H]2OCc1ccccc1. The second-order valence-electron chi connectivity index (χ2n) is 5.47. The molecule has 0 saturated carbocycles. The van der Waals surface area contributed by atoms with Crippen LogP contribution in [0.2, 0.25) is 0 Å². The molecule has 2 aliphatic rings. The number of aldehydes is 1. The zero-order chi connectivity index (χ0) is 14.2. The number of ether oxygens (including phenoxy) is 4. The van der Waals surface area contributed by atoms with Crippen molar-refractivity contribution in [2.75, 3.05) is 0 Å². The molecule has 1 aromatic rings. The van der Waals surface area contributed by atoms with E-state index in [-0.39, 0.29) is 6.10 Å². The molecule has 0 radical (unpaired) electrons. The second kappa shape index (κ2) is 5.26. The number of carbonyl (C=O) groups is 1. The van der Waals surface area contributed by atoms with E-state index >= 15 is 0 Å². The maximum Gasteiger partial charge on any atom is 0.187 e. The van der Waals surface area contributed by atoms with Gasteiger partial charge in [0.05, 0.1) is 6.61 Å². The first-order chi connectivity index (χ1) is 9.59. The summed E-state index contributed by atoms with van der Waals surface area (Å²) in [7, 11) is 0. The molecule has 0 bridgehead atoms. The van der Waals surface area contributed by atoms with Crippen molar-refractivity contribution in [3.63, 3.8) is 0 Å². The molecule has 1 aromatic carbocycles. The molecule has 0 aromatic heterocycles. The lowest BCUT2D eigenvalue weighted by atomic mass is 10.1. The van der Waals surface area contributed by atoms with E-state index < -0.39 is 24.3 Å². The minimum absolute atomic E-state index is 0.371. The van der Waals surface area contributed by atoms with Gasteiger partial charge in [-0.3, -0.25) is 0 Å². The summed E-state index contributed by atoms with van der Waals surface area (Å²) in [5.41, 5.74) is 1.04. The van der Waals surface area contributed by atoms with Crippen LogP contribution in [0.1, 0.15) is 19.4 Å². The van der Waals surface area contributed by atoms with Crippen molar-refractivity contribution < 1.29 is 23.7 Å². The standard InChI is InChI=1S/C15H18O5/c1-15(2)19-12-11(8-16)18-14(13(12)20-15)17-9-10-6-4-3-5-7-10/h3-8,11-14H,9H2,1-2H3/t11-,12?,13?,14+/m1/s1. The van der Waals surface area contributed by atoms with Gasteiger partial charge in [0.15, 0.2) is 18.4 Å². The Kier molecular flexibility index (Phi) is 3.60. The molecule has 2 heterocycles. The summed E-state index contributed by atoms with van der Waals surface area (Å²) in [6.45, 7) is 4.05. The summed E-state index contributed by atoms with van der Waals surface area (Å²) >= 11 is 0. The number of hydrogen-bond acceptors (Lipinski definition) is 5. The molecule has 2 saturated heterocycles. The molecule has 3 rings (SSSR count). The third-order valence-corrected chi connectivity index (χ3v) is 3.44. The van der Waals surface area contributed by atoms with E-state index in [0.717, 1.165) is 11.8 Å². The van der Waals surface area contributed by atoms with Gasteiger partial charge in [-0.2, -0.15) is 0 Å². The molecule has 0 amide bonds. The van der Waals surface area contributed by atoms with Gasteiger partial charge in [-0.05, 0) is 19.4 Å². The fraction of sp³-hybridized carbons (Fsp3) is 0.533. The number of rotatable bonds is 4. The molecule has 2 unspecified atom stereocenters. The Morgan fingerprint density at radius 2 is 1.90 bits per heavy atom. The van der Waals surface area contributed by atoms with Crippen LogP contribution in [-0.2, 0) is 30.3 Å². The Hall–Kier alpha value is -1.27. The molecule has 2 aliphatic heterocycles. The fourth-order valence-corrected chi connectivity index (χ4v) is 2.59. The van der Waals surface area contributed by atoms with Crippen molar-refractivity contribution in [2.45, 2.75) is 50.8 Å². The van der Waals surface area contributed by atoms with Crippen LogP contribution in [0.25, 0.3) is 0 Å². The Morgan fingerprint density at radius 3 is 2.60 bits per heavy atom. The van der Waals surface area contributed by atoms with Crippen LogP contribution in [0.4, 0.5) is 0 Å². The van der Waals surface area contributed by atoms with Gasteiger partial charge in [0, 0.05) is 0 Å². The second-order valence-corrected chi connectivity index (χ2v) is 5.47. The lowest BCUT2D eigenvalue weighted by Crippen LogP contribution is -2.31. The highest BCUT2D eigenvalue weighted by atomic mass is 16.8. The van der Waals surface area contributed by atoms with Crippen molar-refractivity contribution in [1.29, 1.82) is 0 Å². The van der Waals surface area contributed by atoms with Gasteiger partial charge in [-0.1, -0.05) is 30.3 Å².